The monoisotopic (exact) mass is 374 g/mol. The van der Waals surface area contributed by atoms with Crippen LogP contribution in [0.15, 0.2) is 12.1 Å². The van der Waals surface area contributed by atoms with Gasteiger partial charge in [0.25, 0.3) is 0 Å². The molecule has 0 unspecified atom stereocenters. The van der Waals surface area contributed by atoms with Crippen molar-refractivity contribution in [2.75, 3.05) is 20.2 Å². The van der Waals surface area contributed by atoms with Crippen molar-refractivity contribution in [3.63, 3.8) is 0 Å². The zero-order chi connectivity index (χ0) is 19.4. The van der Waals surface area contributed by atoms with Crippen LogP contribution in [0.4, 0.5) is 13.2 Å². The van der Waals surface area contributed by atoms with Crippen molar-refractivity contribution in [3.05, 3.63) is 28.8 Å². The highest BCUT2D eigenvalue weighted by atomic mass is 28.3. The van der Waals surface area contributed by atoms with Crippen LogP contribution in [0, 0.1) is 12.3 Å². The zero-order valence-corrected chi connectivity index (χ0v) is 17.0. The van der Waals surface area contributed by atoms with E-state index in [0.717, 1.165) is 18.5 Å². The average molecular weight is 375 g/mol. The van der Waals surface area contributed by atoms with Crippen LogP contribution in [0.25, 0.3) is 0 Å². The number of halogens is 3. The van der Waals surface area contributed by atoms with Gasteiger partial charge in [-0.3, -0.25) is 5.41 Å². The van der Waals surface area contributed by atoms with Crippen LogP contribution in [0.5, 0.6) is 5.75 Å². The molecule has 0 aliphatic heterocycles. The highest BCUT2D eigenvalue weighted by molar-refractivity contribution is 6.76. The summed E-state index contributed by atoms with van der Waals surface area (Å²) in [7, 11) is 0.457. The standard InChI is InChI=1S/C18H29F3N2OSi/c1-7-23(3)17(22)14-12-15(18(19,20)21)16(11-13(14)2)24-9-8-10-25(4,5)6/h11-12,22H,7-10H2,1-6H3. The van der Waals surface area contributed by atoms with Gasteiger partial charge >= 0.3 is 6.18 Å². The van der Waals surface area contributed by atoms with Gasteiger partial charge in [0, 0.05) is 27.2 Å². The minimum Gasteiger partial charge on any atom is -0.493 e. The van der Waals surface area contributed by atoms with E-state index in [1.54, 1.807) is 18.9 Å². The topological polar surface area (TPSA) is 36.3 Å². The van der Waals surface area contributed by atoms with Gasteiger partial charge in [0.1, 0.15) is 11.6 Å². The Morgan fingerprint density at radius 1 is 1.24 bits per heavy atom. The molecule has 0 amide bonds. The molecular formula is C18H29F3N2OSi. The fraction of sp³-hybridized carbons (Fsp3) is 0.611. The number of ether oxygens (including phenoxy) is 1. The second-order valence-electron chi connectivity index (χ2n) is 7.54. The van der Waals surface area contributed by atoms with Crippen LogP contribution in [-0.2, 0) is 6.18 Å². The fourth-order valence-electron chi connectivity index (χ4n) is 2.43. The second kappa shape index (κ2) is 8.25. The molecule has 0 radical (unpaired) electrons. The summed E-state index contributed by atoms with van der Waals surface area (Å²) in [4.78, 5) is 1.61. The minimum atomic E-state index is -4.51. The Balaban J connectivity index is 3.09. The van der Waals surface area contributed by atoms with Crippen molar-refractivity contribution in [1.82, 2.24) is 4.90 Å². The van der Waals surface area contributed by atoms with Crippen molar-refractivity contribution in [2.24, 2.45) is 0 Å². The number of nitrogens with zero attached hydrogens (tertiary/aromatic N) is 1. The van der Waals surface area contributed by atoms with E-state index in [9.17, 15) is 13.2 Å². The van der Waals surface area contributed by atoms with Crippen molar-refractivity contribution in [1.29, 1.82) is 5.41 Å². The number of alkyl halides is 3. The van der Waals surface area contributed by atoms with E-state index in [4.69, 9.17) is 10.1 Å². The number of aryl methyl sites for hydroxylation is 1. The van der Waals surface area contributed by atoms with Crippen molar-refractivity contribution in [3.8, 4) is 5.75 Å². The lowest BCUT2D eigenvalue weighted by Crippen LogP contribution is -2.27. The van der Waals surface area contributed by atoms with E-state index < -0.39 is 19.8 Å². The van der Waals surface area contributed by atoms with Crippen molar-refractivity contribution >= 4 is 13.9 Å². The molecule has 142 valence electrons. The highest BCUT2D eigenvalue weighted by Crippen LogP contribution is 2.38. The lowest BCUT2D eigenvalue weighted by molar-refractivity contribution is -0.139. The molecule has 0 saturated heterocycles. The Labute approximate surface area is 149 Å². The molecule has 1 N–H and O–H groups in total. The third-order valence-electron chi connectivity index (χ3n) is 4.07. The molecule has 3 nitrogen and oxygen atoms in total. The molecule has 0 heterocycles. The molecular weight excluding hydrogens is 345 g/mol. The van der Waals surface area contributed by atoms with Crippen LogP contribution < -0.4 is 4.74 Å². The number of rotatable bonds is 7. The number of hydrogen-bond donors (Lipinski definition) is 1. The molecule has 0 spiro atoms. The maximum Gasteiger partial charge on any atom is 0.419 e. The molecule has 1 aromatic carbocycles. The van der Waals surface area contributed by atoms with E-state index in [1.165, 1.54) is 6.07 Å². The molecule has 0 aromatic heterocycles. The Bertz CT molecular complexity index is 610. The molecule has 1 aromatic rings. The van der Waals surface area contributed by atoms with E-state index in [1.807, 2.05) is 6.92 Å². The van der Waals surface area contributed by atoms with Crippen molar-refractivity contribution in [2.45, 2.75) is 52.1 Å². The molecule has 0 bridgehead atoms. The Hall–Kier alpha value is -1.50. The van der Waals surface area contributed by atoms with Gasteiger partial charge in [-0.1, -0.05) is 25.7 Å². The van der Waals surface area contributed by atoms with E-state index in [-0.39, 0.29) is 23.8 Å². The molecule has 0 atom stereocenters. The Morgan fingerprint density at radius 2 is 1.84 bits per heavy atom. The van der Waals surface area contributed by atoms with Crippen LogP contribution in [-0.4, -0.2) is 39.0 Å². The summed E-state index contributed by atoms with van der Waals surface area (Å²) in [6.45, 7) is 11.1. The number of nitrogens with one attached hydrogen (secondary N) is 1. The fourth-order valence-corrected chi connectivity index (χ4v) is 3.63. The normalized spacial score (nSPS) is 12.2. The first-order valence-electron chi connectivity index (χ1n) is 8.51. The van der Waals surface area contributed by atoms with Gasteiger partial charge in [-0.05, 0) is 38.0 Å². The van der Waals surface area contributed by atoms with E-state index in [2.05, 4.69) is 19.6 Å². The smallest absolute Gasteiger partial charge is 0.419 e. The predicted octanol–water partition coefficient (Wildman–Crippen LogP) is 5.40. The second-order valence-corrected chi connectivity index (χ2v) is 13.2. The molecule has 0 saturated carbocycles. The molecule has 0 fully saturated rings. The largest absolute Gasteiger partial charge is 0.493 e. The SMILES string of the molecule is CCN(C)C(=N)c1cc(C(F)(F)F)c(OCCC[Si](C)(C)C)cc1C. The number of benzene rings is 1. The summed E-state index contributed by atoms with van der Waals surface area (Å²) >= 11 is 0. The lowest BCUT2D eigenvalue weighted by atomic mass is 10.0. The van der Waals surface area contributed by atoms with E-state index in [0.29, 0.717) is 12.1 Å². The lowest BCUT2D eigenvalue weighted by Gasteiger charge is -2.22. The van der Waals surface area contributed by atoms with Crippen LogP contribution in [0.3, 0.4) is 0 Å². The third kappa shape index (κ3) is 6.38. The van der Waals surface area contributed by atoms with Gasteiger partial charge in [-0.25, -0.2) is 0 Å². The number of amidine groups is 1. The van der Waals surface area contributed by atoms with Gasteiger partial charge < -0.3 is 9.64 Å². The summed E-state index contributed by atoms with van der Waals surface area (Å²) in [6.07, 6.45) is -3.76. The summed E-state index contributed by atoms with van der Waals surface area (Å²) in [5.41, 5.74) is 0.0833. The first kappa shape index (κ1) is 21.5. The van der Waals surface area contributed by atoms with Gasteiger partial charge in [0.2, 0.25) is 0 Å². The third-order valence-corrected chi connectivity index (χ3v) is 5.93. The zero-order valence-electron chi connectivity index (χ0n) is 16.0. The minimum absolute atomic E-state index is 0.0794. The van der Waals surface area contributed by atoms with Gasteiger partial charge in [-0.15, -0.1) is 0 Å². The number of hydrogen-bond acceptors (Lipinski definition) is 2. The van der Waals surface area contributed by atoms with Gasteiger partial charge in [0.15, 0.2) is 0 Å². The molecule has 0 aliphatic rings. The first-order chi connectivity index (χ1) is 11.4. The quantitative estimate of drug-likeness (QED) is 0.300. The highest BCUT2D eigenvalue weighted by Gasteiger charge is 2.35. The van der Waals surface area contributed by atoms with Crippen LogP contribution in [0.2, 0.25) is 25.7 Å². The Kier molecular flexibility index (Phi) is 7.11. The van der Waals surface area contributed by atoms with Crippen molar-refractivity contribution < 1.29 is 17.9 Å². The van der Waals surface area contributed by atoms with Gasteiger partial charge in [0.05, 0.1) is 12.2 Å². The molecule has 0 aliphatic carbocycles. The maximum atomic E-state index is 13.4. The Morgan fingerprint density at radius 3 is 2.32 bits per heavy atom. The molecule has 7 heteroatoms. The average Bonchev–Trinajstić information content (AvgIpc) is 2.48. The summed E-state index contributed by atoms with van der Waals surface area (Å²) in [5, 5.41) is 8.11. The first-order valence-corrected chi connectivity index (χ1v) is 12.2. The summed E-state index contributed by atoms with van der Waals surface area (Å²) in [5.74, 6) is -0.0629. The van der Waals surface area contributed by atoms with Crippen LogP contribution >= 0.6 is 0 Å². The van der Waals surface area contributed by atoms with Gasteiger partial charge in [-0.2, -0.15) is 13.2 Å². The van der Waals surface area contributed by atoms with E-state index >= 15 is 0 Å². The predicted molar refractivity (Wildman–Crippen MR) is 99.6 cm³/mol. The summed E-state index contributed by atoms with van der Waals surface area (Å²) < 4.78 is 45.8. The maximum absolute atomic E-state index is 13.4. The van der Waals surface area contributed by atoms with Crippen LogP contribution in [0.1, 0.15) is 30.0 Å². The molecule has 25 heavy (non-hydrogen) atoms. The summed E-state index contributed by atoms with van der Waals surface area (Å²) in [6, 6.07) is 3.46. The molecule has 1 rings (SSSR count).